The van der Waals surface area contributed by atoms with Gasteiger partial charge in [0.25, 0.3) is 5.69 Å². The molecule has 0 spiro atoms. The van der Waals surface area contributed by atoms with Gasteiger partial charge < -0.3 is 15.2 Å². The summed E-state index contributed by atoms with van der Waals surface area (Å²) in [5.74, 6) is 0.381. The first-order chi connectivity index (χ1) is 14.6. The highest BCUT2D eigenvalue weighted by atomic mass is 16.6. The van der Waals surface area contributed by atoms with Crippen LogP contribution in [0.25, 0.3) is 0 Å². The molecule has 0 saturated heterocycles. The molecule has 0 fully saturated rings. The van der Waals surface area contributed by atoms with Gasteiger partial charge in [0.1, 0.15) is 23.1 Å². The normalized spacial score (nSPS) is 12.8. The second kappa shape index (κ2) is 9.06. The zero-order valence-corrected chi connectivity index (χ0v) is 20.1. The lowest BCUT2D eigenvalue weighted by molar-refractivity contribution is -0.384. The molecule has 2 N–H and O–H groups in total. The van der Waals surface area contributed by atoms with Gasteiger partial charge in [-0.1, -0.05) is 32.9 Å². The van der Waals surface area contributed by atoms with Gasteiger partial charge in [-0.2, -0.15) is 0 Å². The molecule has 174 valence electrons. The van der Waals surface area contributed by atoms with Crippen LogP contribution in [0.3, 0.4) is 0 Å². The zero-order chi connectivity index (χ0) is 24.4. The molecular formula is C24H33N3O5. The van der Waals surface area contributed by atoms with E-state index in [0.29, 0.717) is 11.4 Å². The lowest BCUT2D eigenvalue weighted by atomic mass is 9.85. The monoisotopic (exact) mass is 443 g/mol. The van der Waals surface area contributed by atoms with Crippen LogP contribution in [-0.2, 0) is 10.2 Å². The van der Waals surface area contributed by atoms with Crippen molar-refractivity contribution in [2.24, 2.45) is 0 Å². The van der Waals surface area contributed by atoms with Crippen LogP contribution in [0.5, 0.6) is 5.75 Å². The molecule has 2 aromatic rings. The van der Waals surface area contributed by atoms with Gasteiger partial charge in [-0.15, -0.1) is 0 Å². The van der Waals surface area contributed by atoms with Gasteiger partial charge in [0.2, 0.25) is 0 Å². The highest BCUT2D eigenvalue weighted by Crippen LogP contribution is 2.35. The lowest BCUT2D eigenvalue weighted by Gasteiger charge is -2.25. The fraction of sp³-hybridized carbons (Fsp3) is 0.458. The lowest BCUT2D eigenvalue weighted by Crippen LogP contribution is -2.34. The molecule has 1 atom stereocenters. The van der Waals surface area contributed by atoms with Gasteiger partial charge in [0, 0.05) is 24.9 Å². The Kier molecular flexibility index (Phi) is 7.07. The van der Waals surface area contributed by atoms with Crippen molar-refractivity contribution in [2.45, 2.75) is 65.6 Å². The molecule has 8 heteroatoms. The fourth-order valence-corrected chi connectivity index (χ4v) is 3.22. The SMILES string of the molecule is CC(Oc1ccc([N+](=O)[O-])c(N(C)C(=O)OC(C)(C)C)c1)c1ccc(C(C)(C)C)c(N)c1. The largest absolute Gasteiger partial charge is 0.486 e. The van der Waals surface area contributed by atoms with Gasteiger partial charge >= 0.3 is 6.09 Å². The van der Waals surface area contributed by atoms with Gasteiger partial charge in [-0.3, -0.25) is 15.0 Å². The summed E-state index contributed by atoms with van der Waals surface area (Å²) < 4.78 is 11.4. The Hall–Kier alpha value is -3.29. The van der Waals surface area contributed by atoms with Crippen molar-refractivity contribution in [3.8, 4) is 5.75 Å². The van der Waals surface area contributed by atoms with Crippen LogP contribution >= 0.6 is 0 Å². The van der Waals surface area contributed by atoms with Crippen LogP contribution in [0, 0.1) is 10.1 Å². The maximum atomic E-state index is 12.5. The number of nitrogen functional groups attached to an aromatic ring is 1. The third-order valence-corrected chi connectivity index (χ3v) is 4.84. The summed E-state index contributed by atoms with van der Waals surface area (Å²) >= 11 is 0. The molecule has 0 aliphatic heterocycles. The minimum absolute atomic E-state index is 0.0772. The second-order valence-corrected chi connectivity index (χ2v) is 9.80. The summed E-state index contributed by atoms with van der Waals surface area (Å²) in [6.07, 6.45) is -1.07. The molecule has 2 aromatic carbocycles. The van der Waals surface area contributed by atoms with E-state index in [1.165, 1.54) is 25.2 Å². The number of nitro benzene ring substituents is 1. The van der Waals surface area contributed by atoms with Crippen molar-refractivity contribution in [3.63, 3.8) is 0 Å². The molecule has 0 aromatic heterocycles. The zero-order valence-electron chi connectivity index (χ0n) is 20.1. The first kappa shape index (κ1) is 25.0. The number of amides is 1. The molecular weight excluding hydrogens is 410 g/mol. The maximum Gasteiger partial charge on any atom is 0.414 e. The van der Waals surface area contributed by atoms with Crippen molar-refractivity contribution >= 4 is 23.2 Å². The quantitative estimate of drug-likeness (QED) is 0.346. The fourth-order valence-electron chi connectivity index (χ4n) is 3.22. The number of hydrogen-bond acceptors (Lipinski definition) is 6. The second-order valence-electron chi connectivity index (χ2n) is 9.80. The van der Waals surface area contributed by atoms with E-state index in [2.05, 4.69) is 20.8 Å². The Labute approximate surface area is 189 Å². The number of hydrogen-bond donors (Lipinski definition) is 1. The number of nitrogens with zero attached hydrogens (tertiary/aromatic N) is 2. The van der Waals surface area contributed by atoms with E-state index in [1.54, 1.807) is 20.8 Å². The first-order valence-corrected chi connectivity index (χ1v) is 10.4. The molecule has 0 radical (unpaired) electrons. The molecule has 0 bridgehead atoms. The molecule has 8 nitrogen and oxygen atoms in total. The molecule has 1 unspecified atom stereocenters. The molecule has 0 aliphatic rings. The van der Waals surface area contributed by atoms with E-state index >= 15 is 0 Å². The third kappa shape index (κ3) is 6.12. The first-order valence-electron chi connectivity index (χ1n) is 10.4. The number of carbonyl (C=O) groups excluding carboxylic acids is 1. The van der Waals surface area contributed by atoms with Crippen LogP contribution in [0.2, 0.25) is 0 Å². The van der Waals surface area contributed by atoms with E-state index in [0.717, 1.165) is 16.0 Å². The van der Waals surface area contributed by atoms with Crippen molar-refractivity contribution in [1.29, 1.82) is 0 Å². The maximum absolute atomic E-state index is 12.5. The van der Waals surface area contributed by atoms with Crippen molar-refractivity contribution < 1.29 is 19.2 Å². The van der Waals surface area contributed by atoms with Crippen LogP contribution in [0.1, 0.15) is 65.7 Å². The van der Waals surface area contributed by atoms with Crippen molar-refractivity contribution in [3.05, 3.63) is 57.6 Å². The molecule has 0 saturated carbocycles. The predicted molar refractivity (Wildman–Crippen MR) is 126 cm³/mol. The highest BCUT2D eigenvalue weighted by Gasteiger charge is 2.27. The van der Waals surface area contributed by atoms with Crippen molar-refractivity contribution in [2.75, 3.05) is 17.7 Å². The van der Waals surface area contributed by atoms with Gasteiger partial charge in [-0.25, -0.2) is 4.79 Å². The standard InChI is InChI=1S/C24H33N3O5/c1-15(16-9-11-18(19(25)13-16)23(2,3)4)31-17-10-12-20(27(29)30)21(14-17)26(8)22(28)32-24(5,6)7/h9-15H,25H2,1-8H3. The minimum Gasteiger partial charge on any atom is -0.486 e. The molecule has 0 aliphatic carbocycles. The summed E-state index contributed by atoms with van der Waals surface area (Å²) in [7, 11) is 1.43. The predicted octanol–water partition coefficient (Wildman–Crippen LogP) is 5.99. The number of anilines is 2. The van der Waals surface area contributed by atoms with Crippen LogP contribution in [0.4, 0.5) is 21.9 Å². The Morgan fingerprint density at radius 2 is 1.72 bits per heavy atom. The van der Waals surface area contributed by atoms with E-state index < -0.39 is 16.6 Å². The van der Waals surface area contributed by atoms with Gasteiger partial charge in [0.05, 0.1) is 4.92 Å². The van der Waals surface area contributed by atoms with E-state index in [9.17, 15) is 14.9 Å². The highest BCUT2D eigenvalue weighted by molar-refractivity contribution is 5.90. The number of carbonyl (C=O) groups is 1. The summed E-state index contributed by atoms with van der Waals surface area (Å²) in [5.41, 5.74) is 7.89. The average molecular weight is 444 g/mol. The Morgan fingerprint density at radius 1 is 1.09 bits per heavy atom. The number of nitrogens with two attached hydrogens (primary N) is 1. The van der Waals surface area contributed by atoms with E-state index in [1.807, 2.05) is 25.1 Å². The van der Waals surface area contributed by atoms with Crippen molar-refractivity contribution in [1.82, 2.24) is 0 Å². The Balaban J connectivity index is 2.33. The van der Waals surface area contributed by atoms with Gasteiger partial charge in [0.15, 0.2) is 0 Å². The van der Waals surface area contributed by atoms with Gasteiger partial charge in [-0.05, 0) is 56.4 Å². The summed E-state index contributed by atoms with van der Waals surface area (Å²) in [4.78, 5) is 24.5. The van der Waals surface area contributed by atoms with E-state index in [4.69, 9.17) is 15.2 Å². The summed E-state index contributed by atoms with van der Waals surface area (Å²) in [6, 6.07) is 10.1. The average Bonchev–Trinajstić information content (AvgIpc) is 2.64. The van der Waals surface area contributed by atoms with E-state index in [-0.39, 0.29) is 22.9 Å². The Morgan fingerprint density at radius 3 is 2.22 bits per heavy atom. The van der Waals surface area contributed by atoms with Crippen LogP contribution in [-0.4, -0.2) is 23.7 Å². The molecule has 0 heterocycles. The smallest absolute Gasteiger partial charge is 0.414 e. The molecule has 2 rings (SSSR count). The number of ether oxygens (including phenoxy) is 2. The molecule has 32 heavy (non-hydrogen) atoms. The topological polar surface area (TPSA) is 108 Å². The summed E-state index contributed by atoms with van der Waals surface area (Å²) in [5, 5.41) is 11.5. The number of benzene rings is 2. The van der Waals surface area contributed by atoms with Crippen LogP contribution in [0.15, 0.2) is 36.4 Å². The number of rotatable bonds is 5. The molecule has 1 amide bonds. The minimum atomic E-state index is -0.734. The summed E-state index contributed by atoms with van der Waals surface area (Å²) in [6.45, 7) is 13.3. The van der Waals surface area contributed by atoms with Crippen LogP contribution < -0.4 is 15.4 Å². The number of nitro groups is 1. The Bertz CT molecular complexity index is 1010. The third-order valence-electron chi connectivity index (χ3n) is 4.84.